The first-order valence-corrected chi connectivity index (χ1v) is 11.2. The molecular formula is C25H25ClN4O. The Kier molecular flexibility index (Phi) is 5.51. The number of nitrogens with zero attached hydrogens (tertiary/aromatic N) is 3. The molecule has 5 nitrogen and oxygen atoms in total. The summed E-state index contributed by atoms with van der Waals surface area (Å²) in [7, 11) is 0. The molecule has 0 spiro atoms. The van der Waals surface area contributed by atoms with Crippen LogP contribution in [0, 0.1) is 5.92 Å². The maximum atomic E-state index is 12.9. The topological polar surface area (TPSA) is 49.6 Å². The van der Waals surface area contributed by atoms with Crippen LogP contribution in [-0.2, 0) is 11.2 Å². The highest BCUT2D eigenvalue weighted by Gasteiger charge is 2.27. The first kappa shape index (κ1) is 19.9. The van der Waals surface area contributed by atoms with Crippen molar-refractivity contribution in [3.05, 3.63) is 77.4 Å². The maximum Gasteiger partial charge on any atom is 0.224 e. The van der Waals surface area contributed by atoms with Gasteiger partial charge in [0.1, 0.15) is 0 Å². The van der Waals surface area contributed by atoms with Crippen LogP contribution in [0.1, 0.15) is 18.4 Å². The molecule has 1 saturated heterocycles. The van der Waals surface area contributed by atoms with Gasteiger partial charge in [0.15, 0.2) is 5.82 Å². The van der Waals surface area contributed by atoms with Crippen molar-refractivity contribution in [3.63, 3.8) is 0 Å². The van der Waals surface area contributed by atoms with Gasteiger partial charge in [0, 0.05) is 30.9 Å². The van der Waals surface area contributed by atoms with Crippen molar-refractivity contribution in [2.45, 2.75) is 19.3 Å². The van der Waals surface area contributed by atoms with Crippen molar-refractivity contribution in [3.8, 4) is 0 Å². The molecule has 1 amide bonds. The number of amides is 1. The number of hydrogen-bond donors (Lipinski definition) is 1. The standard InChI is InChI=1S/C25H25ClN4O/c26-20-11-9-18(10-12-20)13-14-27-25(31)19-5-3-15-29(17-19)24-23-8-4-16-30(23)22-7-2-1-6-21(22)28-24/h1-2,4,6-12,16,19H,3,5,13-15,17H2,(H,27,31)/t19-/m0/s1. The number of nitrogens with one attached hydrogen (secondary N) is 1. The number of carbonyl (C=O) groups excluding carboxylic acids is 1. The zero-order valence-corrected chi connectivity index (χ0v) is 18.1. The smallest absolute Gasteiger partial charge is 0.224 e. The molecule has 0 bridgehead atoms. The molecular weight excluding hydrogens is 408 g/mol. The summed E-state index contributed by atoms with van der Waals surface area (Å²) in [5.74, 6) is 1.07. The van der Waals surface area contributed by atoms with Crippen molar-refractivity contribution in [1.29, 1.82) is 0 Å². The van der Waals surface area contributed by atoms with Crippen molar-refractivity contribution < 1.29 is 4.79 Å². The lowest BCUT2D eigenvalue weighted by Gasteiger charge is -2.33. The second-order valence-electron chi connectivity index (χ2n) is 8.14. The molecule has 6 heteroatoms. The highest BCUT2D eigenvalue weighted by atomic mass is 35.5. The lowest BCUT2D eigenvalue weighted by molar-refractivity contribution is -0.125. The van der Waals surface area contributed by atoms with E-state index in [1.54, 1.807) is 0 Å². The number of rotatable bonds is 5. The fourth-order valence-electron chi connectivity index (χ4n) is 4.45. The van der Waals surface area contributed by atoms with Gasteiger partial charge in [-0.1, -0.05) is 35.9 Å². The number of carbonyl (C=O) groups is 1. The van der Waals surface area contributed by atoms with E-state index in [4.69, 9.17) is 16.6 Å². The predicted octanol–water partition coefficient (Wildman–Crippen LogP) is 4.72. The number of piperidine rings is 1. The van der Waals surface area contributed by atoms with Crippen molar-refractivity contribution in [1.82, 2.24) is 14.7 Å². The van der Waals surface area contributed by atoms with E-state index in [1.165, 1.54) is 5.56 Å². The summed E-state index contributed by atoms with van der Waals surface area (Å²) in [5.41, 5.74) is 4.32. The van der Waals surface area contributed by atoms with E-state index in [1.807, 2.05) is 42.5 Å². The van der Waals surface area contributed by atoms with E-state index < -0.39 is 0 Å². The monoisotopic (exact) mass is 432 g/mol. The summed E-state index contributed by atoms with van der Waals surface area (Å²) in [4.78, 5) is 20.1. The van der Waals surface area contributed by atoms with Gasteiger partial charge in [0.05, 0.1) is 22.5 Å². The van der Waals surface area contributed by atoms with E-state index in [-0.39, 0.29) is 11.8 Å². The van der Waals surface area contributed by atoms with Gasteiger partial charge in [-0.05, 0) is 61.2 Å². The third-order valence-corrected chi connectivity index (χ3v) is 6.32. The second kappa shape index (κ2) is 8.60. The third kappa shape index (κ3) is 4.10. The van der Waals surface area contributed by atoms with Crippen LogP contribution in [0.5, 0.6) is 0 Å². The summed E-state index contributed by atoms with van der Waals surface area (Å²) in [6.45, 7) is 2.24. The summed E-state index contributed by atoms with van der Waals surface area (Å²) in [6.07, 6.45) is 4.77. The van der Waals surface area contributed by atoms with Crippen molar-refractivity contribution >= 4 is 39.9 Å². The fraction of sp³-hybridized carbons (Fsp3) is 0.280. The third-order valence-electron chi connectivity index (χ3n) is 6.06. The molecule has 0 radical (unpaired) electrons. The Morgan fingerprint density at radius 3 is 2.74 bits per heavy atom. The number of para-hydroxylation sites is 2. The van der Waals surface area contributed by atoms with Gasteiger partial charge in [-0.2, -0.15) is 0 Å². The highest BCUT2D eigenvalue weighted by Crippen LogP contribution is 2.29. The molecule has 31 heavy (non-hydrogen) atoms. The van der Waals surface area contributed by atoms with E-state index in [2.05, 4.69) is 39.0 Å². The molecule has 2 aromatic carbocycles. The molecule has 3 heterocycles. The molecule has 0 saturated carbocycles. The van der Waals surface area contributed by atoms with Gasteiger partial charge >= 0.3 is 0 Å². The molecule has 0 unspecified atom stereocenters. The Balaban J connectivity index is 1.29. The van der Waals surface area contributed by atoms with E-state index in [0.717, 1.165) is 53.2 Å². The molecule has 1 aliphatic rings. The average molecular weight is 433 g/mol. The Morgan fingerprint density at radius 2 is 1.87 bits per heavy atom. The minimum atomic E-state index is -0.0257. The van der Waals surface area contributed by atoms with Crippen LogP contribution in [-0.4, -0.2) is 34.9 Å². The second-order valence-corrected chi connectivity index (χ2v) is 8.58. The van der Waals surface area contributed by atoms with Crippen LogP contribution in [0.2, 0.25) is 5.02 Å². The van der Waals surface area contributed by atoms with Gasteiger partial charge < -0.3 is 14.6 Å². The summed E-state index contributed by atoms with van der Waals surface area (Å²) < 4.78 is 2.19. The molecule has 0 aliphatic carbocycles. The predicted molar refractivity (Wildman–Crippen MR) is 126 cm³/mol. The number of aromatic nitrogens is 2. The first-order valence-electron chi connectivity index (χ1n) is 10.8. The average Bonchev–Trinajstić information content (AvgIpc) is 3.30. The van der Waals surface area contributed by atoms with Crippen LogP contribution in [0.25, 0.3) is 16.6 Å². The van der Waals surface area contributed by atoms with Gasteiger partial charge in [-0.25, -0.2) is 4.98 Å². The summed E-state index contributed by atoms with van der Waals surface area (Å²) in [6, 6.07) is 20.1. The van der Waals surface area contributed by atoms with Crippen LogP contribution in [0.3, 0.4) is 0 Å². The summed E-state index contributed by atoms with van der Waals surface area (Å²) in [5, 5.41) is 3.86. The van der Waals surface area contributed by atoms with Crippen LogP contribution in [0.4, 0.5) is 5.82 Å². The fourth-order valence-corrected chi connectivity index (χ4v) is 4.57. The van der Waals surface area contributed by atoms with Crippen LogP contribution in [0.15, 0.2) is 66.9 Å². The Hall–Kier alpha value is -3.05. The molecule has 1 N–H and O–H groups in total. The number of halogens is 1. The summed E-state index contributed by atoms with van der Waals surface area (Å²) >= 11 is 5.94. The van der Waals surface area contributed by atoms with Gasteiger partial charge in [0.2, 0.25) is 5.91 Å². The number of hydrogen-bond acceptors (Lipinski definition) is 3. The number of benzene rings is 2. The molecule has 158 valence electrons. The molecule has 1 aliphatic heterocycles. The minimum absolute atomic E-state index is 0.0257. The maximum absolute atomic E-state index is 12.9. The van der Waals surface area contributed by atoms with E-state index in [0.29, 0.717) is 13.1 Å². The number of anilines is 1. The number of fused-ring (bicyclic) bond motifs is 3. The zero-order chi connectivity index (χ0) is 21.2. The van der Waals surface area contributed by atoms with E-state index >= 15 is 0 Å². The van der Waals surface area contributed by atoms with Crippen LogP contribution >= 0.6 is 11.6 Å². The molecule has 4 aromatic rings. The van der Waals surface area contributed by atoms with Gasteiger partial charge in [0.25, 0.3) is 0 Å². The quantitative estimate of drug-likeness (QED) is 0.496. The molecule has 5 rings (SSSR count). The normalized spacial score (nSPS) is 16.7. The largest absolute Gasteiger partial charge is 0.355 e. The van der Waals surface area contributed by atoms with Gasteiger partial charge in [-0.15, -0.1) is 0 Å². The zero-order valence-electron chi connectivity index (χ0n) is 17.3. The lowest BCUT2D eigenvalue weighted by atomic mass is 9.97. The minimum Gasteiger partial charge on any atom is -0.355 e. The Labute approximate surface area is 186 Å². The highest BCUT2D eigenvalue weighted by molar-refractivity contribution is 6.30. The van der Waals surface area contributed by atoms with Crippen LogP contribution < -0.4 is 10.2 Å². The van der Waals surface area contributed by atoms with Crippen molar-refractivity contribution in [2.24, 2.45) is 5.92 Å². The molecule has 2 aromatic heterocycles. The van der Waals surface area contributed by atoms with E-state index in [9.17, 15) is 4.79 Å². The first-order chi connectivity index (χ1) is 15.2. The SMILES string of the molecule is O=C(NCCc1ccc(Cl)cc1)[C@H]1CCCN(c2nc3ccccc3n3cccc23)C1. The Bertz CT molecular complexity index is 1220. The molecule has 1 fully saturated rings. The Morgan fingerprint density at radius 1 is 1.06 bits per heavy atom. The lowest BCUT2D eigenvalue weighted by Crippen LogP contribution is -2.44. The van der Waals surface area contributed by atoms with Crippen molar-refractivity contribution in [2.75, 3.05) is 24.5 Å². The molecule has 1 atom stereocenters. The van der Waals surface area contributed by atoms with Gasteiger partial charge in [-0.3, -0.25) is 4.79 Å².